The van der Waals surface area contributed by atoms with Gasteiger partial charge >= 0.3 is 0 Å². The molecule has 3 aromatic rings. The number of halogens is 1. The summed E-state index contributed by atoms with van der Waals surface area (Å²) in [6, 6.07) is 10.7. The van der Waals surface area contributed by atoms with Gasteiger partial charge in [0.25, 0.3) is 0 Å². The second kappa shape index (κ2) is 11.5. The molecule has 0 radical (unpaired) electrons. The Morgan fingerprint density at radius 3 is 2.82 bits per heavy atom. The third-order valence-corrected chi connectivity index (χ3v) is 7.43. The third-order valence-electron chi connectivity index (χ3n) is 5.23. The molecule has 1 atom stereocenters. The van der Waals surface area contributed by atoms with Gasteiger partial charge in [0.15, 0.2) is 0 Å². The number of hydrogen-bond donors (Lipinski definition) is 2. The minimum Gasteiger partial charge on any atom is -0.383 e. The predicted octanol–water partition coefficient (Wildman–Crippen LogP) is 5.42. The first-order valence-electron chi connectivity index (χ1n) is 10.9. The van der Waals surface area contributed by atoms with Crippen molar-refractivity contribution in [1.29, 1.82) is 5.41 Å². The minimum absolute atomic E-state index is 0.211. The summed E-state index contributed by atoms with van der Waals surface area (Å²) in [7, 11) is -1.14. The molecule has 2 N–H and O–H groups in total. The lowest BCUT2D eigenvalue weighted by Gasteiger charge is -2.16. The van der Waals surface area contributed by atoms with E-state index in [1.807, 2.05) is 41.1 Å². The first-order chi connectivity index (χ1) is 15.8. The quantitative estimate of drug-likeness (QED) is 0.142. The summed E-state index contributed by atoms with van der Waals surface area (Å²) < 4.78 is 8.78. The maximum Gasteiger partial charge on any atom is 0.145 e. The fourth-order valence-corrected chi connectivity index (χ4v) is 4.54. The molecule has 3 rings (SSSR count). The molecule has 33 heavy (non-hydrogen) atoms. The number of allylic oxidation sites excluding steroid dienone is 1. The Labute approximate surface area is 203 Å². The van der Waals surface area contributed by atoms with E-state index in [2.05, 4.69) is 50.9 Å². The standard InChI is InChI=1S/C24H30BrN5O2Si/c1-33(2,3)12-11-32-17-30-9-7-21-23(28-16-29-24(21)30)19(14-26)15-27-22(8-10-31)18-5-4-6-20(25)13-18/h4-7,9-10,13-16,22,26-27H,8,11-12,17H2,1-3H3/b19-15+,26-14?. The van der Waals surface area contributed by atoms with Crippen LogP contribution in [0.1, 0.15) is 23.7 Å². The van der Waals surface area contributed by atoms with Crippen LogP contribution in [-0.4, -0.2) is 41.7 Å². The number of carbonyl (C=O) groups is 1. The van der Waals surface area contributed by atoms with E-state index in [-0.39, 0.29) is 6.04 Å². The number of carbonyl (C=O) groups excluding carboxylic acids is 1. The van der Waals surface area contributed by atoms with Crippen molar-refractivity contribution in [3.05, 3.63) is 64.8 Å². The predicted molar refractivity (Wildman–Crippen MR) is 139 cm³/mol. The van der Waals surface area contributed by atoms with Crippen LogP contribution in [0.15, 0.2) is 53.5 Å². The lowest BCUT2D eigenvalue weighted by molar-refractivity contribution is -0.108. The summed E-state index contributed by atoms with van der Waals surface area (Å²) >= 11 is 3.48. The van der Waals surface area contributed by atoms with Crippen LogP contribution in [0, 0.1) is 5.41 Å². The highest BCUT2D eigenvalue weighted by molar-refractivity contribution is 9.10. The van der Waals surface area contributed by atoms with Crippen LogP contribution in [0.5, 0.6) is 0 Å². The fourth-order valence-electron chi connectivity index (χ4n) is 3.37. The Morgan fingerprint density at radius 1 is 1.30 bits per heavy atom. The van der Waals surface area contributed by atoms with Gasteiger partial charge < -0.3 is 24.8 Å². The third kappa shape index (κ3) is 6.93. The number of aldehydes is 1. The van der Waals surface area contributed by atoms with Gasteiger partial charge in [-0.1, -0.05) is 47.7 Å². The van der Waals surface area contributed by atoms with Gasteiger partial charge in [0.05, 0.1) is 11.7 Å². The van der Waals surface area contributed by atoms with E-state index in [0.717, 1.165) is 40.0 Å². The lowest BCUT2D eigenvalue weighted by atomic mass is 10.0. The monoisotopic (exact) mass is 527 g/mol. The molecule has 1 unspecified atom stereocenters. The number of aromatic nitrogens is 3. The smallest absolute Gasteiger partial charge is 0.145 e. The lowest BCUT2D eigenvalue weighted by Crippen LogP contribution is -2.22. The number of ether oxygens (including phenoxy) is 1. The van der Waals surface area contributed by atoms with Crippen molar-refractivity contribution in [3.8, 4) is 0 Å². The van der Waals surface area contributed by atoms with E-state index in [1.54, 1.807) is 6.20 Å². The van der Waals surface area contributed by atoms with Crippen molar-refractivity contribution in [3.63, 3.8) is 0 Å². The van der Waals surface area contributed by atoms with Crippen LogP contribution in [0.2, 0.25) is 25.7 Å². The van der Waals surface area contributed by atoms with Crippen molar-refractivity contribution >= 4 is 53.1 Å². The van der Waals surface area contributed by atoms with Crippen molar-refractivity contribution in [2.45, 2.75) is 44.9 Å². The Morgan fingerprint density at radius 2 is 2.12 bits per heavy atom. The molecule has 2 aromatic heterocycles. The summed E-state index contributed by atoms with van der Waals surface area (Å²) in [6.45, 7) is 8.15. The molecule has 0 aliphatic heterocycles. The van der Waals surface area contributed by atoms with Crippen LogP contribution in [0.3, 0.4) is 0 Å². The molecule has 0 aliphatic carbocycles. The highest BCUT2D eigenvalue weighted by atomic mass is 79.9. The topological polar surface area (TPSA) is 92.9 Å². The highest BCUT2D eigenvalue weighted by Gasteiger charge is 2.15. The van der Waals surface area contributed by atoms with Crippen molar-refractivity contribution in [2.75, 3.05) is 6.61 Å². The normalized spacial score (nSPS) is 13.2. The summed E-state index contributed by atoms with van der Waals surface area (Å²) in [5, 5.41) is 12.1. The second-order valence-corrected chi connectivity index (χ2v) is 15.6. The van der Waals surface area contributed by atoms with E-state index >= 15 is 0 Å². The zero-order valence-corrected chi connectivity index (χ0v) is 21.8. The molecule has 0 bridgehead atoms. The summed E-state index contributed by atoms with van der Waals surface area (Å²) in [5.41, 5.74) is 3.00. The largest absolute Gasteiger partial charge is 0.383 e. The molecule has 0 aliphatic rings. The number of nitrogens with zero attached hydrogens (tertiary/aromatic N) is 3. The van der Waals surface area contributed by atoms with Crippen LogP contribution in [0.25, 0.3) is 16.6 Å². The molecular formula is C24H30BrN5O2Si. The van der Waals surface area contributed by atoms with Crippen molar-refractivity contribution in [1.82, 2.24) is 19.9 Å². The summed E-state index contributed by atoms with van der Waals surface area (Å²) in [5.74, 6) is 0. The van der Waals surface area contributed by atoms with Crippen molar-refractivity contribution in [2.24, 2.45) is 0 Å². The summed E-state index contributed by atoms with van der Waals surface area (Å²) in [4.78, 5) is 20.1. The average molecular weight is 529 g/mol. The fraction of sp³-hybridized carbons (Fsp3) is 0.333. The number of fused-ring (bicyclic) bond motifs is 1. The Hall–Kier alpha value is -2.62. The molecule has 7 nitrogen and oxygen atoms in total. The molecule has 0 saturated carbocycles. The molecule has 0 saturated heterocycles. The summed E-state index contributed by atoms with van der Waals surface area (Å²) in [6.07, 6.45) is 7.64. The van der Waals surface area contributed by atoms with Gasteiger partial charge in [-0.15, -0.1) is 0 Å². The van der Waals surface area contributed by atoms with Gasteiger partial charge in [-0.25, -0.2) is 9.97 Å². The number of hydrogen-bond acceptors (Lipinski definition) is 6. The van der Waals surface area contributed by atoms with Crippen molar-refractivity contribution < 1.29 is 9.53 Å². The van der Waals surface area contributed by atoms with E-state index in [1.165, 1.54) is 12.5 Å². The van der Waals surface area contributed by atoms with E-state index in [0.29, 0.717) is 24.4 Å². The SMILES string of the molecule is C[Si](C)(C)CCOCn1ccc2c(/C(C=N)=C/NC(CC=O)c3cccc(Br)c3)ncnc21. The van der Waals surface area contributed by atoms with Crippen LogP contribution < -0.4 is 5.32 Å². The van der Waals surface area contributed by atoms with Gasteiger partial charge in [0.1, 0.15) is 25.0 Å². The zero-order chi connectivity index (χ0) is 23.8. The Bertz CT molecular complexity index is 1140. The number of rotatable bonds is 12. The van der Waals surface area contributed by atoms with E-state index in [9.17, 15) is 4.79 Å². The number of benzene rings is 1. The molecule has 1 aromatic carbocycles. The molecule has 2 heterocycles. The first kappa shape index (κ1) is 25.0. The maximum atomic E-state index is 11.2. The molecule has 0 fully saturated rings. The van der Waals surface area contributed by atoms with E-state index in [4.69, 9.17) is 10.1 Å². The van der Waals surface area contributed by atoms with Gasteiger partial charge in [-0.05, 0) is 29.8 Å². The van der Waals surface area contributed by atoms with Crippen LogP contribution >= 0.6 is 15.9 Å². The van der Waals surface area contributed by atoms with Gasteiger partial charge in [-0.3, -0.25) is 0 Å². The van der Waals surface area contributed by atoms with Gasteiger partial charge in [0, 0.05) is 55.1 Å². The minimum atomic E-state index is -1.14. The van der Waals surface area contributed by atoms with E-state index < -0.39 is 8.07 Å². The Kier molecular flexibility index (Phi) is 8.71. The number of nitrogens with one attached hydrogen (secondary N) is 2. The maximum absolute atomic E-state index is 11.2. The highest BCUT2D eigenvalue weighted by Crippen LogP contribution is 2.24. The molecular weight excluding hydrogens is 498 g/mol. The Balaban J connectivity index is 1.81. The molecule has 0 amide bonds. The van der Waals surface area contributed by atoms with Gasteiger partial charge in [-0.2, -0.15) is 0 Å². The molecule has 0 spiro atoms. The van der Waals surface area contributed by atoms with Crippen LogP contribution in [0.4, 0.5) is 0 Å². The molecule has 174 valence electrons. The van der Waals surface area contributed by atoms with Gasteiger partial charge in [0.2, 0.25) is 0 Å². The second-order valence-electron chi connectivity index (χ2n) is 9.01. The average Bonchev–Trinajstić information content (AvgIpc) is 3.19. The first-order valence-corrected chi connectivity index (χ1v) is 15.4. The van der Waals surface area contributed by atoms with Crippen LogP contribution in [-0.2, 0) is 16.3 Å². The molecule has 9 heteroatoms. The zero-order valence-electron chi connectivity index (χ0n) is 19.2.